The van der Waals surface area contributed by atoms with Crippen LogP contribution >= 0.6 is 0 Å². The van der Waals surface area contributed by atoms with Crippen LogP contribution in [0.15, 0.2) is 71.8 Å². The lowest BCUT2D eigenvalue weighted by Gasteiger charge is -2.09. The predicted octanol–water partition coefficient (Wildman–Crippen LogP) is 5.05. The van der Waals surface area contributed by atoms with Crippen molar-refractivity contribution in [3.63, 3.8) is 0 Å². The minimum atomic E-state index is -0.385. The van der Waals surface area contributed by atoms with E-state index in [1.165, 1.54) is 12.1 Å². The molecule has 3 aromatic carbocycles. The van der Waals surface area contributed by atoms with Crippen LogP contribution in [0.1, 0.15) is 22.4 Å². The fraction of sp³-hybridized carbons (Fsp3) is 0.192. The van der Waals surface area contributed by atoms with Crippen LogP contribution in [0.3, 0.4) is 0 Å². The van der Waals surface area contributed by atoms with E-state index in [-0.39, 0.29) is 10.6 Å². The maximum absolute atomic E-state index is 10.9. The standard InChI is InChI=1S/C26H26N4O4/c1-18-23(16-28-27-15-20-10-13-25(33-2)26(14-20)34-3)22-6-4-5-7-24(22)29(18)17-19-8-11-21(12-9-19)30(31)32/h4-14,16,27H,15,17H2,1-3H3/b28-16+. The number of nitrogens with zero attached hydrogens (tertiary/aromatic N) is 3. The van der Waals surface area contributed by atoms with E-state index in [0.29, 0.717) is 24.6 Å². The van der Waals surface area contributed by atoms with E-state index in [9.17, 15) is 10.1 Å². The number of hydrogen-bond donors (Lipinski definition) is 1. The van der Waals surface area contributed by atoms with Gasteiger partial charge in [-0.25, -0.2) is 0 Å². The molecule has 34 heavy (non-hydrogen) atoms. The molecule has 0 unspecified atom stereocenters. The highest BCUT2D eigenvalue weighted by Gasteiger charge is 2.13. The Morgan fingerprint density at radius 1 is 1.00 bits per heavy atom. The molecule has 1 aromatic heterocycles. The highest BCUT2D eigenvalue weighted by atomic mass is 16.6. The van der Waals surface area contributed by atoms with Crippen molar-refractivity contribution in [3.05, 3.63) is 99.2 Å². The van der Waals surface area contributed by atoms with Gasteiger partial charge in [-0.05, 0) is 36.2 Å². The third-order valence-corrected chi connectivity index (χ3v) is 5.78. The lowest BCUT2D eigenvalue weighted by molar-refractivity contribution is -0.384. The van der Waals surface area contributed by atoms with Crippen molar-refractivity contribution in [1.82, 2.24) is 9.99 Å². The number of benzene rings is 3. The number of hydrogen-bond acceptors (Lipinski definition) is 6. The maximum Gasteiger partial charge on any atom is 0.269 e. The highest BCUT2D eigenvalue weighted by Crippen LogP contribution is 2.28. The second kappa shape index (κ2) is 10.1. The molecule has 0 atom stereocenters. The Labute approximate surface area is 197 Å². The molecule has 4 rings (SSSR count). The first-order chi connectivity index (χ1) is 16.5. The minimum Gasteiger partial charge on any atom is -0.493 e. The molecule has 0 saturated carbocycles. The van der Waals surface area contributed by atoms with Gasteiger partial charge in [-0.2, -0.15) is 5.10 Å². The first kappa shape index (κ1) is 22.8. The molecular formula is C26H26N4O4. The van der Waals surface area contributed by atoms with Crippen LogP contribution in [-0.4, -0.2) is 29.9 Å². The van der Waals surface area contributed by atoms with Crippen molar-refractivity contribution in [2.24, 2.45) is 5.10 Å². The summed E-state index contributed by atoms with van der Waals surface area (Å²) in [4.78, 5) is 10.6. The van der Waals surface area contributed by atoms with Crippen LogP contribution in [0.25, 0.3) is 10.9 Å². The molecule has 0 radical (unpaired) electrons. The molecule has 4 aromatic rings. The number of rotatable bonds is 9. The van der Waals surface area contributed by atoms with Gasteiger partial charge in [0.2, 0.25) is 0 Å². The number of para-hydroxylation sites is 1. The molecule has 8 heteroatoms. The SMILES string of the molecule is COc1ccc(CN/N=C/c2c(C)n(Cc3ccc([N+](=O)[O-])cc3)c3ccccc23)cc1OC. The summed E-state index contributed by atoms with van der Waals surface area (Å²) in [6.45, 7) is 3.20. The summed E-state index contributed by atoms with van der Waals surface area (Å²) in [6, 6.07) is 20.6. The fourth-order valence-electron chi connectivity index (χ4n) is 3.97. The average molecular weight is 459 g/mol. The minimum absolute atomic E-state index is 0.0891. The number of non-ortho nitro benzene ring substituents is 1. The van der Waals surface area contributed by atoms with Crippen molar-refractivity contribution in [2.45, 2.75) is 20.0 Å². The van der Waals surface area contributed by atoms with Gasteiger partial charge in [-0.15, -0.1) is 0 Å². The molecule has 0 amide bonds. The lowest BCUT2D eigenvalue weighted by atomic mass is 10.1. The normalized spacial score (nSPS) is 11.1. The molecule has 0 bridgehead atoms. The van der Waals surface area contributed by atoms with Crippen molar-refractivity contribution >= 4 is 22.8 Å². The first-order valence-electron chi connectivity index (χ1n) is 10.8. The molecule has 8 nitrogen and oxygen atoms in total. The fourth-order valence-corrected chi connectivity index (χ4v) is 3.97. The third-order valence-electron chi connectivity index (χ3n) is 5.78. The second-order valence-corrected chi connectivity index (χ2v) is 7.81. The van der Waals surface area contributed by atoms with Crippen LogP contribution in [0, 0.1) is 17.0 Å². The average Bonchev–Trinajstić information content (AvgIpc) is 3.12. The molecule has 0 saturated heterocycles. The molecular weight excluding hydrogens is 432 g/mol. The van der Waals surface area contributed by atoms with Crippen molar-refractivity contribution in [1.29, 1.82) is 0 Å². The summed E-state index contributed by atoms with van der Waals surface area (Å²) in [7, 11) is 3.23. The van der Waals surface area contributed by atoms with Gasteiger partial charge in [0.15, 0.2) is 11.5 Å². The van der Waals surface area contributed by atoms with Crippen LogP contribution in [-0.2, 0) is 13.1 Å². The van der Waals surface area contributed by atoms with E-state index >= 15 is 0 Å². The maximum atomic E-state index is 10.9. The summed E-state index contributed by atoms with van der Waals surface area (Å²) >= 11 is 0. The van der Waals surface area contributed by atoms with Crippen LogP contribution in [0.4, 0.5) is 5.69 Å². The third kappa shape index (κ3) is 4.71. The quantitative estimate of drug-likeness (QED) is 0.215. The van der Waals surface area contributed by atoms with Crippen molar-refractivity contribution in [3.8, 4) is 11.5 Å². The van der Waals surface area contributed by atoms with Crippen LogP contribution in [0.2, 0.25) is 0 Å². The number of methoxy groups -OCH3 is 2. The Bertz CT molecular complexity index is 1340. The summed E-state index contributed by atoms with van der Waals surface area (Å²) in [5.41, 5.74) is 8.38. The monoisotopic (exact) mass is 458 g/mol. The van der Waals surface area contributed by atoms with Gasteiger partial charge in [0.25, 0.3) is 5.69 Å². The Morgan fingerprint density at radius 2 is 1.71 bits per heavy atom. The molecule has 174 valence electrons. The van der Waals surface area contributed by atoms with Gasteiger partial charge in [0.05, 0.1) is 31.9 Å². The van der Waals surface area contributed by atoms with Crippen LogP contribution < -0.4 is 14.9 Å². The van der Waals surface area contributed by atoms with Gasteiger partial charge in [-0.3, -0.25) is 10.1 Å². The Kier molecular flexibility index (Phi) is 6.77. The summed E-state index contributed by atoms with van der Waals surface area (Å²) < 4.78 is 12.8. The number of nitrogens with one attached hydrogen (secondary N) is 1. The zero-order chi connectivity index (χ0) is 24.1. The molecule has 0 spiro atoms. The number of nitro benzene ring substituents is 1. The topological polar surface area (TPSA) is 90.9 Å². The molecule has 0 aliphatic rings. The van der Waals surface area contributed by atoms with Gasteiger partial charge in [0.1, 0.15) is 0 Å². The summed E-state index contributed by atoms with van der Waals surface area (Å²) in [6.07, 6.45) is 1.84. The van der Waals surface area contributed by atoms with E-state index in [1.54, 1.807) is 26.4 Å². The van der Waals surface area contributed by atoms with E-state index < -0.39 is 0 Å². The molecule has 0 aliphatic carbocycles. The number of hydrazone groups is 1. The number of fused-ring (bicyclic) bond motifs is 1. The van der Waals surface area contributed by atoms with Gasteiger partial charge >= 0.3 is 0 Å². The molecule has 0 aliphatic heterocycles. The molecule has 1 N–H and O–H groups in total. The Hall–Kier alpha value is -4.33. The molecule has 1 heterocycles. The first-order valence-corrected chi connectivity index (χ1v) is 10.8. The summed E-state index contributed by atoms with van der Waals surface area (Å²) in [5.74, 6) is 1.36. The van der Waals surface area contributed by atoms with E-state index in [1.807, 2.05) is 36.5 Å². The van der Waals surface area contributed by atoms with Crippen molar-refractivity contribution in [2.75, 3.05) is 14.2 Å². The van der Waals surface area contributed by atoms with Gasteiger partial charge < -0.3 is 19.5 Å². The highest BCUT2D eigenvalue weighted by molar-refractivity contribution is 6.01. The second-order valence-electron chi connectivity index (χ2n) is 7.81. The predicted molar refractivity (Wildman–Crippen MR) is 133 cm³/mol. The zero-order valence-corrected chi connectivity index (χ0v) is 19.3. The number of aromatic nitrogens is 1. The van der Waals surface area contributed by atoms with Gasteiger partial charge in [0, 0.05) is 40.8 Å². The number of ether oxygens (including phenoxy) is 2. The zero-order valence-electron chi connectivity index (χ0n) is 19.3. The van der Waals surface area contributed by atoms with E-state index in [4.69, 9.17) is 9.47 Å². The van der Waals surface area contributed by atoms with Crippen LogP contribution in [0.5, 0.6) is 11.5 Å². The van der Waals surface area contributed by atoms with E-state index in [0.717, 1.165) is 33.3 Å². The molecule has 0 fully saturated rings. The van der Waals surface area contributed by atoms with E-state index in [2.05, 4.69) is 34.2 Å². The van der Waals surface area contributed by atoms with Gasteiger partial charge in [-0.1, -0.05) is 36.4 Å². The smallest absolute Gasteiger partial charge is 0.269 e. The lowest BCUT2D eigenvalue weighted by Crippen LogP contribution is -2.06. The van der Waals surface area contributed by atoms with Crippen molar-refractivity contribution < 1.29 is 14.4 Å². The Morgan fingerprint density at radius 3 is 2.41 bits per heavy atom. The summed E-state index contributed by atoms with van der Waals surface area (Å²) in [5, 5.41) is 16.5. The number of nitro groups is 1. The Balaban J connectivity index is 1.54. The largest absolute Gasteiger partial charge is 0.493 e.